The number of piperidine rings is 1. The van der Waals surface area contributed by atoms with E-state index < -0.39 is 0 Å². The Morgan fingerprint density at radius 1 is 1.15 bits per heavy atom. The van der Waals surface area contributed by atoms with Gasteiger partial charge in [-0.3, -0.25) is 9.88 Å². The number of hydrogen-bond acceptors (Lipinski definition) is 4. The lowest BCUT2D eigenvalue weighted by Crippen LogP contribution is -2.52. The Morgan fingerprint density at radius 2 is 1.88 bits per heavy atom. The van der Waals surface area contributed by atoms with Gasteiger partial charge in [-0.25, -0.2) is 0 Å². The highest BCUT2D eigenvalue weighted by Gasteiger charge is 2.33. The summed E-state index contributed by atoms with van der Waals surface area (Å²) < 4.78 is 5.79. The molecule has 4 nitrogen and oxygen atoms in total. The van der Waals surface area contributed by atoms with E-state index in [0.717, 1.165) is 37.5 Å². The van der Waals surface area contributed by atoms with Gasteiger partial charge in [-0.05, 0) is 41.7 Å². The highest BCUT2D eigenvalue weighted by atomic mass is 35.5. The van der Waals surface area contributed by atoms with E-state index in [4.69, 9.17) is 10.5 Å². The van der Waals surface area contributed by atoms with Crippen molar-refractivity contribution in [3.63, 3.8) is 0 Å². The van der Waals surface area contributed by atoms with Crippen LogP contribution in [0, 0.1) is 5.41 Å². The second-order valence-corrected chi connectivity index (χ2v) is 7.35. The molecule has 144 valence electrons. The summed E-state index contributed by atoms with van der Waals surface area (Å²) in [6.45, 7) is 8.11. The summed E-state index contributed by atoms with van der Waals surface area (Å²) in [6, 6.07) is 14.5. The third-order valence-corrected chi connectivity index (χ3v) is 4.83. The zero-order chi connectivity index (χ0) is 17.0. The van der Waals surface area contributed by atoms with Gasteiger partial charge < -0.3 is 10.5 Å². The molecular weight excluding hydrogens is 369 g/mol. The first kappa shape index (κ1) is 22.7. The number of rotatable bonds is 5. The fourth-order valence-electron chi connectivity index (χ4n) is 3.21. The van der Waals surface area contributed by atoms with Crippen LogP contribution in [0.4, 0.5) is 0 Å². The molecule has 1 unspecified atom stereocenters. The Morgan fingerprint density at radius 3 is 2.50 bits per heavy atom. The zero-order valence-electron chi connectivity index (χ0n) is 15.4. The lowest BCUT2D eigenvalue weighted by Gasteiger charge is -2.42. The number of nitrogens with two attached hydrogens (primary N) is 1. The molecule has 1 aliphatic rings. The maximum absolute atomic E-state index is 6.22. The highest BCUT2D eigenvalue weighted by Crippen LogP contribution is 2.28. The van der Waals surface area contributed by atoms with E-state index in [2.05, 4.69) is 35.9 Å². The van der Waals surface area contributed by atoms with Crippen LogP contribution in [0.3, 0.4) is 0 Å². The van der Waals surface area contributed by atoms with Crippen molar-refractivity contribution in [2.24, 2.45) is 11.1 Å². The quantitative estimate of drug-likeness (QED) is 0.825. The Bertz CT molecular complexity index is 650. The summed E-state index contributed by atoms with van der Waals surface area (Å²) in [5, 5.41) is 0. The average molecular weight is 398 g/mol. The Balaban J connectivity index is 0.00000169. The molecule has 0 bridgehead atoms. The van der Waals surface area contributed by atoms with Crippen LogP contribution >= 0.6 is 24.8 Å². The van der Waals surface area contributed by atoms with Crippen LogP contribution in [0.2, 0.25) is 0 Å². The first-order valence-corrected chi connectivity index (χ1v) is 8.62. The molecule has 2 aromatic rings. The Labute approximate surface area is 169 Å². The van der Waals surface area contributed by atoms with Crippen molar-refractivity contribution in [2.75, 3.05) is 13.1 Å². The maximum Gasteiger partial charge on any atom is 0.130 e. The number of pyridine rings is 1. The van der Waals surface area contributed by atoms with Gasteiger partial charge in [0.2, 0.25) is 0 Å². The third-order valence-electron chi connectivity index (χ3n) is 4.83. The van der Waals surface area contributed by atoms with Gasteiger partial charge in [-0.1, -0.05) is 32.0 Å². The molecule has 1 aliphatic heterocycles. The summed E-state index contributed by atoms with van der Waals surface area (Å²) in [4.78, 5) is 6.76. The molecule has 3 rings (SSSR count). The minimum Gasteiger partial charge on any atom is -0.487 e. The van der Waals surface area contributed by atoms with Crippen LogP contribution < -0.4 is 10.5 Å². The number of likely N-dealkylation sites (tertiary alicyclic amines) is 1. The van der Waals surface area contributed by atoms with Crippen molar-refractivity contribution in [1.82, 2.24) is 9.88 Å². The van der Waals surface area contributed by atoms with E-state index in [-0.39, 0.29) is 30.2 Å². The van der Waals surface area contributed by atoms with Crippen molar-refractivity contribution < 1.29 is 4.74 Å². The molecule has 0 spiro atoms. The first-order chi connectivity index (χ1) is 11.5. The van der Waals surface area contributed by atoms with E-state index in [0.29, 0.717) is 12.6 Å². The molecule has 1 atom stereocenters. The minimum atomic E-state index is 0. The van der Waals surface area contributed by atoms with Gasteiger partial charge in [-0.15, -0.1) is 24.8 Å². The van der Waals surface area contributed by atoms with Crippen molar-refractivity contribution in [1.29, 1.82) is 0 Å². The molecule has 2 heterocycles. The van der Waals surface area contributed by atoms with Crippen molar-refractivity contribution in [3.05, 3.63) is 59.9 Å². The Kier molecular flexibility index (Phi) is 8.84. The lowest BCUT2D eigenvalue weighted by molar-refractivity contribution is 0.0898. The van der Waals surface area contributed by atoms with Crippen LogP contribution in [0.15, 0.2) is 48.7 Å². The average Bonchev–Trinajstić information content (AvgIpc) is 2.58. The summed E-state index contributed by atoms with van der Waals surface area (Å²) >= 11 is 0. The number of ether oxygens (including phenoxy) is 1. The molecule has 6 heteroatoms. The van der Waals surface area contributed by atoms with E-state index in [1.807, 2.05) is 30.3 Å². The van der Waals surface area contributed by atoms with Crippen LogP contribution in [-0.2, 0) is 13.2 Å². The molecule has 0 saturated carbocycles. The van der Waals surface area contributed by atoms with Gasteiger partial charge in [0.05, 0.1) is 5.69 Å². The molecule has 0 radical (unpaired) electrons. The maximum atomic E-state index is 6.22. The molecule has 2 N–H and O–H groups in total. The predicted molar refractivity (Wildman–Crippen MR) is 111 cm³/mol. The molecule has 0 aliphatic carbocycles. The fraction of sp³-hybridized carbons (Fsp3) is 0.450. The summed E-state index contributed by atoms with van der Waals surface area (Å²) in [7, 11) is 0. The standard InChI is InChI=1S/C20H27N3O.2ClH/c1-20(2)15-23(12-10-19(20)21)13-16-6-8-18(9-7-16)24-14-17-5-3-4-11-22-17;;/h3-9,11,19H,10,12-15,21H2,1-2H3;2*1H. The molecule has 1 aromatic heterocycles. The van der Waals surface area contributed by atoms with E-state index >= 15 is 0 Å². The molecule has 0 amide bonds. The largest absolute Gasteiger partial charge is 0.487 e. The molecule has 1 aromatic carbocycles. The summed E-state index contributed by atoms with van der Waals surface area (Å²) in [5.41, 5.74) is 8.66. The zero-order valence-corrected chi connectivity index (χ0v) is 17.1. The lowest BCUT2D eigenvalue weighted by atomic mass is 9.79. The smallest absolute Gasteiger partial charge is 0.130 e. The van der Waals surface area contributed by atoms with Crippen LogP contribution in [0.25, 0.3) is 0 Å². The second-order valence-electron chi connectivity index (χ2n) is 7.35. The highest BCUT2D eigenvalue weighted by molar-refractivity contribution is 5.85. The minimum absolute atomic E-state index is 0. The second kappa shape index (κ2) is 10.1. The first-order valence-electron chi connectivity index (χ1n) is 8.62. The predicted octanol–water partition coefficient (Wildman–Crippen LogP) is 4.06. The Hall–Kier alpha value is -1.33. The van der Waals surface area contributed by atoms with Crippen molar-refractivity contribution in [3.8, 4) is 5.75 Å². The SMILES string of the molecule is CC1(C)CN(Cc2ccc(OCc3ccccn3)cc2)CCC1N.Cl.Cl. The van der Waals surface area contributed by atoms with Crippen molar-refractivity contribution in [2.45, 2.75) is 39.5 Å². The molecule has 26 heavy (non-hydrogen) atoms. The molecular formula is C20H29Cl2N3O. The van der Waals surface area contributed by atoms with Crippen LogP contribution in [0.5, 0.6) is 5.75 Å². The number of halogens is 2. The fourth-order valence-corrected chi connectivity index (χ4v) is 3.21. The number of aromatic nitrogens is 1. The molecule has 1 saturated heterocycles. The third kappa shape index (κ3) is 6.13. The number of hydrogen-bond donors (Lipinski definition) is 1. The van der Waals surface area contributed by atoms with Crippen LogP contribution in [0.1, 0.15) is 31.5 Å². The van der Waals surface area contributed by atoms with E-state index in [1.165, 1.54) is 5.56 Å². The van der Waals surface area contributed by atoms with Gasteiger partial charge in [0.15, 0.2) is 0 Å². The van der Waals surface area contributed by atoms with Gasteiger partial charge >= 0.3 is 0 Å². The van der Waals surface area contributed by atoms with Crippen LogP contribution in [-0.4, -0.2) is 29.0 Å². The van der Waals surface area contributed by atoms with Gasteiger partial charge in [0.1, 0.15) is 12.4 Å². The van der Waals surface area contributed by atoms with E-state index in [1.54, 1.807) is 6.20 Å². The normalized spacial score (nSPS) is 19.1. The summed E-state index contributed by atoms with van der Waals surface area (Å²) in [5.74, 6) is 0.880. The van der Waals surface area contributed by atoms with E-state index in [9.17, 15) is 0 Å². The summed E-state index contributed by atoms with van der Waals surface area (Å²) in [6.07, 6.45) is 2.85. The van der Waals surface area contributed by atoms with Gasteiger partial charge in [0.25, 0.3) is 0 Å². The molecule has 1 fully saturated rings. The van der Waals surface area contributed by atoms with Crippen molar-refractivity contribution >= 4 is 24.8 Å². The number of nitrogens with zero attached hydrogens (tertiary/aromatic N) is 2. The van der Waals surface area contributed by atoms with Gasteiger partial charge in [0, 0.05) is 31.9 Å². The monoisotopic (exact) mass is 397 g/mol. The number of benzene rings is 1. The van der Waals surface area contributed by atoms with Gasteiger partial charge in [-0.2, -0.15) is 0 Å². The topological polar surface area (TPSA) is 51.4 Å².